The molecule has 1 heterocycles. The number of alkyl halides is 2. The van der Waals surface area contributed by atoms with Crippen molar-refractivity contribution in [1.29, 1.82) is 0 Å². The van der Waals surface area contributed by atoms with Gasteiger partial charge >= 0.3 is 0 Å². The van der Waals surface area contributed by atoms with Crippen LogP contribution in [0, 0.1) is 30.6 Å². The number of imide groups is 1. The molecule has 0 N–H and O–H groups in total. The molecule has 2 aliphatic carbocycles. The maximum Gasteiger partial charge on any atom is 0.273 e. The Bertz CT molecular complexity index is 1260. The summed E-state index contributed by atoms with van der Waals surface area (Å²) in [6.07, 6.45) is 0.755. The van der Waals surface area contributed by atoms with Crippen molar-refractivity contribution in [3.8, 4) is 0 Å². The van der Waals surface area contributed by atoms with Crippen LogP contribution < -0.4 is 0 Å². The molecule has 188 valence electrons. The smallest absolute Gasteiger partial charge is 0.273 e. The minimum Gasteiger partial charge on any atom is -0.292 e. The Kier molecular flexibility index (Phi) is 6.86. The number of benzene rings is 2. The summed E-state index contributed by atoms with van der Waals surface area (Å²) in [7, 11) is 0. The van der Waals surface area contributed by atoms with E-state index in [9.17, 15) is 19.2 Å². The summed E-state index contributed by atoms with van der Waals surface area (Å²) < 4.78 is 0. The van der Waals surface area contributed by atoms with Gasteiger partial charge in [-0.15, -0.1) is 0 Å². The van der Waals surface area contributed by atoms with Gasteiger partial charge in [0, 0.05) is 20.8 Å². The van der Waals surface area contributed by atoms with Crippen molar-refractivity contribution in [2.24, 2.45) is 23.7 Å². The largest absolute Gasteiger partial charge is 0.292 e. The highest BCUT2D eigenvalue weighted by Crippen LogP contribution is 2.60. The lowest BCUT2D eigenvalue weighted by atomic mass is 9.81. The highest BCUT2D eigenvalue weighted by atomic mass is 79.9. The molecule has 3 amide bonds. The van der Waals surface area contributed by atoms with Gasteiger partial charge < -0.3 is 0 Å². The molecule has 0 aromatic heterocycles. The Hall–Kier alpha value is -1.74. The van der Waals surface area contributed by atoms with Crippen LogP contribution in [0.4, 0.5) is 0 Å². The van der Waals surface area contributed by atoms with Gasteiger partial charge in [-0.2, -0.15) is 5.01 Å². The number of nitrogens with zero attached hydrogens (tertiary/aromatic N) is 2. The first-order valence-corrected chi connectivity index (χ1v) is 14.2. The number of carbonyl (C=O) groups excluding carboxylic acids is 4. The molecule has 36 heavy (non-hydrogen) atoms. The molecule has 5 rings (SSSR count). The quantitative estimate of drug-likeness (QED) is 0.235. The van der Waals surface area contributed by atoms with Crippen molar-refractivity contribution in [3.05, 3.63) is 69.2 Å². The van der Waals surface area contributed by atoms with Gasteiger partial charge in [-0.25, -0.2) is 5.01 Å². The number of ketones is 1. The second-order valence-electron chi connectivity index (χ2n) is 9.68. The van der Waals surface area contributed by atoms with E-state index in [4.69, 9.17) is 23.2 Å². The molecule has 2 bridgehead atoms. The van der Waals surface area contributed by atoms with Crippen molar-refractivity contribution in [2.75, 3.05) is 0 Å². The van der Waals surface area contributed by atoms with E-state index in [1.165, 1.54) is 25.1 Å². The van der Waals surface area contributed by atoms with Crippen molar-refractivity contribution in [2.45, 2.75) is 36.0 Å². The van der Waals surface area contributed by atoms with E-state index in [1.807, 2.05) is 6.92 Å². The molecule has 3 fully saturated rings. The standard InChI is InChI=1S/C26H22Br2Cl2N2O4/c1-11-3-5-13(6-4-11)23(33)12(2)31(24(34)14-7-8-17(29)18(30)9-14)32-25(35)19-15-10-16(20(19)26(32)36)22(28)21(15)27/h3-9,12,15-16,19-22H,10H2,1-2H3/t12-,15+,16+,19+,20+,21-,22-/m0/s1. The summed E-state index contributed by atoms with van der Waals surface area (Å²) in [6.45, 7) is 3.43. The number of hydrogen-bond acceptors (Lipinski definition) is 4. The third kappa shape index (κ3) is 3.96. The molecule has 10 heteroatoms. The third-order valence-corrected chi connectivity index (χ3v) is 11.6. The number of rotatable bonds is 5. The fraction of sp³-hybridized carbons (Fsp3) is 0.385. The van der Waals surface area contributed by atoms with E-state index >= 15 is 0 Å². The van der Waals surface area contributed by atoms with Crippen LogP contribution in [0.15, 0.2) is 42.5 Å². The van der Waals surface area contributed by atoms with Gasteiger partial charge in [0.15, 0.2) is 5.78 Å². The zero-order valence-electron chi connectivity index (χ0n) is 19.3. The van der Waals surface area contributed by atoms with Crippen LogP contribution in [0.1, 0.15) is 39.6 Å². The van der Waals surface area contributed by atoms with Crippen LogP contribution >= 0.6 is 55.1 Å². The molecule has 0 radical (unpaired) electrons. The van der Waals surface area contributed by atoms with Gasteiger partial charge in [-0.1, -0.05) is 84.9 Å². The number of halogens is 4. The zero-order valence-corrected chi connectivity index (χ0v) is 24.0. The first kappa shape index (κ1) is 25.9. The molecule has 3 aliphatic rings. The van der Waals surface area contributed by atoms with Crippen LogP contribution in [0.2, 0.25) is 10.0 Å². The molecular formula is C26H22Br2Cl2N2O4. The number of aryl methyl sites for hydroxylation is 1. The molecule has 7 atom stereocenters. The van der Waals surface area contributed by atoms with Gasteiger partial charge in [-0.3, -0.25) is 19.2 Å². The molecule has 2 aromatic rings. The Balaban J connectivity index is 1.56. The number of hydrogen-bond donors (Lipinski definition) is 0. The lowest BCUT2D eigenvalue weighted by Crippen LogP contribution is -2.57. The normalized spacial score (nSPS) is 29.4. The van der Waals surface area contributed by atoms with Gasteiger partial charge in [0.25, 0.3) is 17.7 Å². The minimum atomic E-state index is -1.13. The molecule has 2 saturated carbocycles. The Morgan fingerprint density at radius 2 is 1.44 bits per heavy atom. The fourth-order valence-corrected chi connectivity index (χ4v) is 7.99. The van der Waals surface area contributed by atoms with Gasteiger partial charge in [0.1, 0.15) is 6.04 Å². The predicted molar refractivity (Wildman–Crippen MR) is 143 cm³/mol. The van der Waals surface area contributed by atoms with Crippen molar-refractivity contribution >= 4 is 78.6 Å². The molecule has 1 saturated heterocycles. The van der Waals surface area contributed by atoms with Crippen molar-refractivity contribution in [3.63, 3.8) is 0 Å². The average molecular weight is 657 g/mol. The molecular weight excluding hydrogens is 635 g/mol. The van der Waals surface area contributed by atoms with E-state index in [1.54, 1.807) is 24.3 Å². The number of Topliss-reactive ketones (excluding diaryl/α,β-unsaturated/α-hetero) is 1. The van der Waals surface area contributed by atoms with E-state index in [0.29, 0.717) is 5.56 Å². The Labute approximate surface area is 235 Å². The van der Waals surface area contributed by atoms with Gasteiger partial charge in [0.05, 0.1) is 21.9 Å². The maximum atomic E-state index is 13.9. The fourth-order valence-electron chi connectivity index (χ4n) is 5.82. The Morgan fingerprint density at radius 1 is 0.917 bits per heavy atom. The molecule has 2 aromatic carbocycles. The monoisotopic (exact) mass is 654 g/mol. The zero-order chi connectivity index (χ0) is 26.0. The van der Waals surface area contributed by atoms with Gasteiger partial charge in [-0.05, 0) is 50.3 Å². The maximum absolute atomic E-state index is 13.9. The predicted octanol–water partition coefficient (Wildman–Crippen LogP) is 5.71. The Morgan fingerprint density at radius 3 is 1.97 bits per heavy atom. The summed E-state index contributed by atoms with van der Waals surface area (Å²) in [5.41, 5.74) is 1.47. The van der Waals surface area contributed by atoms with E-state index < -0.39 is 35.6 Å². The second-order valence-corrected chi connectivity index (χ2v) is 12.6. The van der Waals surface area contributed by atoms with Crippen LogP contribution in [-0.4, -0.2) is 49.2 Å². The van der Waals surface area contributed by atoms with E-state index in [-0.39, 0.29) is 42.9 Å². The molecule has 6 nitrogen and oxygen atoms in total. The highest BCUT2D eigenvalue weighted by Gasteiger charge is 2.68. The number of hydrazine groups is 1. The summed E-state index contributed by atoms with van der Waals surface area (Å²) in [6, 6.07) is 10.1. The third-order valence-electron chi connectivity index (χ3n) is 7.64. The topological polar surface area (TPSA) is 74.8 Å². The van der Waals surface area contributed by atoms with Crippen LogP contribution in [0.5, 0.6) is 0 Å². The molecule has 0 spiro atoms. The lowest BCUT2D eigenvalue weighted by Gasteiger charge is -2.35. The van der Waals surface area contributed by atoms with Crippen molar-refractivity contribution in [1.82, 2.24) is 10.0 Å². The van der Waals surface area contributed by atoms with Crippen molar-refractivity contribution < 1.29 is 19.2 Å². The van der Waals surface area contributed by atoms with E-state index in [0.717, 1.165) is 22.0 Å². The second kappa shape index (κ2) is 9.53. The SMILES string of the molecule is Cc1ccc(C(=O)[C@H](C)N(C(=O)c2ccc(Cl)c(Cl)c2)N2C(=O)[C@@H]3[C@H]4C[C@@H]([C@H](Br)[C@H]4Br)[C@H]3C2=O)cc1. The highest BCUT2D eigenvalue weighted by molar-refractivity contribution is 9.12. The minimum absolute atomic E-state index is 0.0316. The number of carbonyl (C=O) groups is 4. The first-order chi connectivity index (χ1) is 17.0. The average Bonchev–Trinajstić information content (AvgIpc) is 3.46. The summed E-state index contributed by atoms with van der Waals surface area (Å²) >= 11 is 19.6. The van der Waals surface area contributed by atoms with Crippen LogP contribution in [0.25, 0.3) is 0 Å². The number of amides is 3. The lowest BCUT2D eigenvalue weighted by molar-refractivity contribution is -0.157. The summed E-state index contributed by atoms with van der Waals surface area (Å²) in [4.78, 5) is 55.0. The summed E-state index contributed by atoms with van der Waals surface area (Å²) in [5.74, 6) is -3.09. The first-order valence-electron chi connectivity index (χ1n) is 11.6. The van der Waals surface area contributed by atoms with Gasteiger partial charge in [0.2, 0.25) is 0 Å². The van der Waals surface area contributed by atoms with Crippen LogP contribution in [-0.2, 0) is 9.59 Å². The molecule has 0 unspecified atom stereocenters. The van der Waals surface area contributed by atoms with E-state index in [2.05, 4.69) is 31.9 Å². The summed E-state index contributed by atoms with van der Waals surface area (Å²) in [5, 5.41) is 2.34. The van der Waals surface area contributed by atoms with Crippen LogP contribution in [0.3, 0.4) is 0 Å². The molecule has 1 aliphatic heterocycles. The number of fused-ring (bicyclic) bond motifs is 5.